The molecular formula is C13H21ClN2O. The van der Waals surface area contributed by atoms with E-state index in [4.69, 9.17) is 22.1 Å². The van der Waals surface area contributed by atoms with Crippen LogP contribution in [-0.4, -0.2) is 31.2 Å². The lowest BCUT2D eigenvalue weighted by molar-refractivity contribution is 0.0982. The number of hydrogen-bond donors (Lipinski definition) is 1. The van der Waals surface area contributed by atoms with Gasteiger partial charge in [0.15, 0.2) is 0 Å². The van der Waals surface area contributed by atoms with Crippen LogP contribution in [0, 0.1) is 0 Å². The Balaban J connectivity index is 2.70. The summed E-state index contributed by atoms with van der Waals surface area (Å²) in [6.45, 7) is 6.88. The standard InChI is InChI=1S/C13H21ClN2O/c1-4-16(10(2)9-17-3)8-11-5-6-13(15)12(14)7-11/h5-7,10H,4,8-9,15H2,1-3H3. The number of nitrogens with zero attached hydrogens (tertiary/aromatic N) is 1. The predicted molar refractivity (Wildman–Crippen MR) is 73.3 cm³/mol. The minimum Gasteiger partial charge on any atom is -0.398 e. The van der Waals surface area contributed by atoms with E-state index in [2.05, 4.69) is 18.7 Å². The number of benzene rings is 1. The van der Waals surface area contributed by atoms with Gasteiger partial charge in [-0.2, -0.15) is 0 Å². The normalized spacial score (nSPS) is 13.0. The second-order valence-corrected chi connectivity index (χ2v) is 4.63. The average Bonchev–Trinajstić information content (AvgIpc) is 2.30. The lowest BCUT2D eigenvalue weighted by atomic mass is 10.1. The van der Waals surface area contributed by atoms with E-state index in [0.717, 1.165) is 19.7 Å². The molecule has 1 aromatic carbocycles. The number of hydrogen-bond acceptors (Lipinski definition) is 3. The Morgan fingerprint density at radius 3 is 2.71 bits per heavy atom. The molecule has 2 N–H and O–H groups in total. The first-order valence-corrected chi connectivity index (χ1v) is 6.23. The first-order chi connectivity index (χ1) is 8.08. The molecule has 96 valence electrons. The highest BCUT2D eigenvalue weighted by Gasteiger charge is 2.12. The first kappa shape index (κ1) is 14.3. The molecule has 0 fully saturated rings. The first-order valence-electron chi connectivity index (χ1n) is 5.85. The molecule has 1 rings (SSSR count). The van der Waals surface area contributed by atoms with Crippen LogP contribution >= 0.6 is 11.6 Å². The lowest BCUT2D eigenvalue weighted by Gasteiger charge is -2.27. The summed E-state index contributed by atoms with van der Waals surface area (Å²) < 4.78 is 5.18. The molecule has 17 heavy (non-hydrogen) atoms. The zero-order valence-corrected chi connectivity index (χ0v) is 11.5. The molecular weight excluding hydrogens is 236 g/mol. The fraction of sp³-hybridized carbons (Fsp3) is 0.538. The van der Waals surface area contributed by atoms with E-state index in [1.807, 2.05) is 18.2 Å². The third kappa shape index (κ3) is 4.19. The van der Waals surface area contributed by atoms with E-state index in [1.54, 1.807) is 7.11 Å². The van der Waals surface area contributed by atoms with Gasteiger partial charge >= 0.3 is 0 Å². The number of halogens is 1. The third-order valence-electron chi connectivity index (χ3n) is 2.89. The Bertz CT molecular complexity index is 357. The fourth-order valence-electron chi connectivity index (χ4n) is 1.83. The van der Waals surface area contributed by atoms with E-state index in [0.29, 0.717) is 16.8 Å². The summed E-state index contributed by atoms with van der Waals surface area (Å²) in [6, 6.07) is 6.19. The molecule has 1 atom stereocenters. The van der Waals surface area contributed by atoms with Gasteiger partial charge in [0.05, 0.1) is 17.3 Å². The minimum atomic E-state index is 0.390. The number of likely N-dealkylation sites (N-methyl/N-ethyl adjacent to an activating group) is 1. The fourth-order valence-corrected chi connectivity index (χ4v) is 2.03. The van der Waals surface area contributed by atoms with Gasteiger partial charge in [0.2, 0.25) is 0 Å². The maximum Gasteiger partial charge on any atom is 0.0638 e. The van der Waals surface area contributed by atoms with Crippen LogP contribution < -0.4 is 5.73 Å². The van der Waals surface area contributed by atoms with E-state index in [1.165, 1.54) is 5.56 Å². The van der Waals surface area contributed by atoms with E-state index >= 15 is 0 Å². The van der Waals surface area contributed by atoms with Crippen molar-refractivity contribution in [2.24, 2.45) is 0 Å². The second-order valence-electron chi connectivity index (χ2n) is 4.22. The largest absolute Gasteiger partial charge is 0.398 e. The number of rotatable bonds is 6. The van der Waals surface area contributed by atoms with Gasteiger partial charge in [-0.25, -0.2) is 0 Å². The molecule has 0 heterocycles. The maximum absolute atomic E-state index is 6.01. The van der Waals surface area contributed by atoms with Crippen LogP contribution in [0.25, 0.3) is 0 Å². The molecule has 0 aromatic heterocycles. The van der Waals surface area contributed by atoms with Gasteiger partial charge in [0.25, 0.3) is 0 Å². The van der Waals surface area contributed by atoms with Crippen LogP contribution in [0.5, 0.6) is 0 Å². The van der Waals surface area contributed by atoms with Gasteiger partial charge in [-0.05, 0) is 31.2 Å². The second kappa shape index (κ2) is 6.84. The molecule has 0 saturated heterocycles. The van der Waals surface area contributed by atoms with Crippen LogP contribution in [0.15, 0.2) is 18.2 Å². The number of ether oxygens (including phenoxy) is 1. The van der Waals surface area contributed by atoms with Crippen molar-refractivity contribution in [1.82, 2.24) is 4.90 Å². The van der Waals surface area contributed by atoms with Gasteiger partial charge in [0, 0.05) is 19.7 Å². The Labute approximate surface area is 109 Å². The van der Waals surface area contributed by atoms with Gasteiger partial charge < -0.3 is 10.5 Å². The Morgan fingerprint density at radius 1 is 1.47 bits per heavy atom. The van der Waals surface area contributed by atoms with Crippen LogP contribution in [0.3, 0.4) is 0 Å². The van der Waals surface area contributed by atoms with E-state index < -0.39 is 0 Å². The average molecular weight is 257 g/mol. The molecule has 0 saturated carbocycles. The van der Waals surface area contributed by atoms with E-state index in [9.17, 15) is 0 Å². The molecule has 4 heteroatoms. The monoisotopic (exact) mass is 256 g/mol. The molecule has 0 spiro atoms. The smallest absolute Gasteiger partial charge is 0.0638 e. The summed E-state index contributed by atoms with van der Waals surface area (Å²) >= 11 is 6.01. The topological polar surface area (TPSA) is 38.5 Å². The highest BCUT2D eigenvalue weighted by Crippen LogP contribution is 2.21. The van der Waals surface area contributed by atoms with Gasteiger partial charge in [-0.15, -0.1) is 0 Å². The van der Waals surface area contributed by atoms with Gasteiger partial charge in [-0.1, -0.05) is 24.6 Å². The lowest BCUT2D eigenvalue weighted by Crippen LogP contribution is -2.35. The number of nitrogens with two attached hydrogens (primary N) is 1. The van der Waals surface area contributed by atoms with E-state index in [-0.39, 0.29) is 0 Å². The summed E-state index contributed by atoms with van der Waals surface area (Å²) in [5, 5.41) is 0.623. The van der Waals surface area contributed by atoms with Crippen molar-refractivity contribution in [2.45, 2.75) is 26.4 Å². The Kier molecular flexibility index (Phi) is 5.75. The summed E-state index contributed by atoms with van der Waals surface area (Å²) in [5.41, 5.74) is 7.50. The Morgan fingerprint density at radius 2 is 2.18 bits per heavy atom. The van der Waals surface area contributed by atoms with Crippen molar-refractivity contribution in [3.8, 4) is 0 Å². The predicted octanol–water partition coefficient (Wildman–Crippen LogP) is 2.78. The van der Waals surface area contributed by atoms with Gasteiger partial charge in [0.1, 0.15) is 0 Å². The summed E-state index contributed by atoms with van der Waals surface area (Å²) in [6.07, 6.45) is 0. The van der Waals surface area contributed by atoms with Crippen LogP contribution in [0.2, 0.25) is 5.02 Å². The van der Waals surface area contributed by atoms with Crippen molar-refractivity contribution in [1.29, 1.82) is 0 Å². The zero-order valence-electron chi connectivity index (χ0n) is 10.7. The quantitative estimate of drug-likeness (QED) is 0.796. The minimum absolute atomic E-state index is 0.390. The number of anilines is 1. The van der Waals surface area contributed by atoms with Crippen molar-refractivity contribution in [3.63, 3.8) is 0 Å². The van der Waals surface area contributed by atoms with Crippen LogP contribution in [0.4, 0.5) is 5.69 Å². The third-order valence-corrected chi connectivity index (χ3v) is 3.22. The molecule has 1 unspecified atom stereocenters. The summed E-state index contributed by atoms with van der Waals surface area (Å²) in [5.74, 6) is 0. The van der Waals surface area contributed by atoms with Crippen molar-refractivity contribution >= 4 is 17.3 Å². The maximum atomic E-state index is 6.01. The van der Waals surface area contributed by atoms with Crippen LogP contribution in [0.1, 0.15) is 19.4 Å². The van der Waals surface area contributed by atoms with Crippen molar-refractivity contribution < 1.29 is 4.74 Å². The van der Waals surface area contributed by atoms with Crippen LogP contribution in [-0.2, 0) is 11.3 Å². The molecule has 1 aromatic rings. The van der Waals surface area contributed by atoms with Crippen molar-refractivity contribution in [2.75, 3.05) is 26.0 Å². The Hall–Kier alpha value is -0.770. The molecule has 0 aliphatic carbocycles. The number of methoxy groups -OCH3 is 1. The molecule has 0 radical (unpaired) electrons. The molecule has 3 nitrogen and oxygen atoms in total. The molecule has 0 aliphatic rings. The molecule has 0 aliphatic heterocycles. The SMILES string of the molecule is CCN(Cc1ccc(N)c(Cl)c1)C(C)COC. The highest BCUT2D eigenvalue weighted by atomic mass is 35.5. The highest BCUT2D eigenvalue weighted by molar-refractivity contribution is 6.33. The van der Waals surface area contributed by atoms with Crippen molar-refractivity contribution in [3.05, 3.63) is 28.8 Å². The summed E-state index contributed by atoms with van der Waals surface area (Å²) in [7, 11) is 1.73. The van der Waals surface area contributed by atoms with Gasteiger partial charge in [-0.3, -0.25) is 4.90 Å². The number of nitrogen functional groups attached to an aromatic ring is 1. The molecule has 0 bridgehead atoms. The zero-order chi connectivity index (χ0) is 12.8. The summed E-state index contributed by atoms with van der Waals surface area (Å²) in [4.78, 5) is 2.34. The molecule has 0 amide bonds.